The number of halogens is 2. The van der Waals surface area contributed by atoms with E-state index in [0.29, 0.717) is 94.6 Å². The summed E-state index contributed by atoms with van der Waals surface area (Å²) in [6.45, 7) is 3.52. The minimum atomic E-state index is -0.611. The molecule has 7 rings (SSSR count). The van der Waals surface area contributed by atoms with Crippen LogP contribution in [0.4, 0.5) is 0 Å². The fraction of sp³-hybridized carbons (Fsp3) is 0.361. The van der Waals surface area contributed by atoms with E-state index < -0.39 is 5.60 Å². The first-order valence-electron chi connectivity index (χ1n) is 16.5. The molecule has 0 unspecified atom stereocenters. The topological polar surface area (TPSA) is 148 Å². The number of aromatic nitrogens is 5. The molecule has 0 bridgehead atoms. The Kier molecular flexibility index (Phi) is 9.64. The van der Waals surface area contributed by atoms with Crippen LogP contribution in [-0.4, -0.2) is 74.0 Å². The first kappa shape index (κ1) is 34.1. The molecule has 0 radical (unpaired) electrons. The molecule has 4 aromatic heterocycles. The van der Waals surface area contributed by atoms with E-state index >= 15 is 0 Å². The van der Waals surface area contributed by atoms with E-state index in [-0.39, 0.29) is 18.0 Å². The van der Waals surface area contributed by atoms with Crippen molar-refractivity contribution in [3.8, 4) is 45.3 Å². The van der Waals surface area contributed by atoms with Crippen molar-refractivity contribution in [1.29, 1.82) is 0 Å². The highest BCUT2D eigenvalue weighted by molar-refractivity contribution is 6.39. The number of nitrogens with zero attached hydrogens (tertiary/aromatic N) is 5. The summed E-state index contributed by atoms with van der Waals surface area (Å²) < 4.78 is 13.0. The van der Waals surface area contributed by atoms with Gasteiger partial charge in [-0.3, -0.25) is 9.78 Å². The van der Waals surface area contributed by atoms with Crippen LogP contribution in [0, 0.1) is 0 Å². The molecule has 2 fully saturated rings. The van der Waals surface area contributed by atoms with Crippen LogP contribution in [0.15, 0.2) is 54.9 Å². The predicted molar refractivity (Wildman–Crippen MR) is 191 cm³/mol. The minimum absolute atomic E-state index is 0.0942. The van der Waals surface area contributed by atoms with Crippen molar-refractivity contribution < 1.29 is 19.4 Å². The molecule has 0 spiro atoms. The molecule has 1 saturated heterocycles. The molecule has 2 aliphatic rings. The molecule has 5 aromatic rings. The van der Waals surface area contributed by atoms with Gasteiger partial charge in [0.05, 0.1) is 47.8 Å². The van der Waals surface area contributed by atoms with E-state index in [1.807, 2.05) is 55.6 Å². The third kappa shape index (κ3) is 6.99. The molecule has 5 heterocycles. The molecule has 1 aliphatic carbocycles. The van der Waals surface area contributed by atoms with E-state index in [4.69, 9.17) is 37.7 Å². The number of carbonyl (C=O) groups excluding carboxylic acids is 1. The summed E-state index contributed by atoms with van der Waals surface area (Å²) in [5.74, 6) is 1.72. The average Bonchev–Trinajstić information content (AvgIpc) is 3.71. The lowest BCUT2D eigenvalue weighted by molar-refractivity contribution is -0.119. The zero-order chi connectivity index (χ0) is 35.0. The predicted octanol–water partition coefficient (Wildman–Crippen LogP) is 5.22. The highest BCUT2D eigenvalue weighted by atomic mass is 35.5. The molecule has 1 atom stereocenters. The second-order valence-electron chi connectivity index (χ2n) is 13.1. The Morgan fingerprint density at radius 2 is 1.84 bits per heavy atom. The Bertz CT molecular complexity index is 2060. The second kappa shape index (κ2) is 14.1. The number of pyridine rings is 3. The van der Waals surface area contributed by atoms with Crippen molar-refractivity contribution in [2.45, 2.75) is 63.4 Å². The highest BCUT2D eigenvalue weighted by Crippen LogP contribution is 2.42. The van der Waals surface area contributed by atoms with Crippen LogP contribution in [0.2, 0.25) is 10.0 Å². The number of benzene rings is 1. The average molecular weight is 718 g/mol. The van der Waals surface area contributed by atoms with Crippen LogP contribution in [0.25, 0.3) is 39.3 Å². The molecule has 1 saturated carbocycles. The molecule has 1 aromatic carbocycles. The molecular formula is C36H38Cl2N8O4. The number of ether oxygens (including phenoxy) is 2. The van der Waals surface area contributed by atoms with E-state index in [1.54, 1.807) is 24.9 Å². The number of aliphatic hydroxyl groups is 1. The Labute approximate surface area is 299 Å². The fourth-order valence-corrected chi connectivity index (χ4v) is 7.32. The van der Waals surface area contributed by atoms with Gasteiger partial charge in [-0.2, -0.15) is 0 Å². The van der Waals surface area contributed by atoms with E-state index in [9.17, 15) is 9.90 Å². The quantitative estimate of drug-likeness (QED) is 0.136. The Hall–Kier alpha value is -4.33. The third-order valence-electron chi connectivity index (χ3n) is 9.24. The first-order valence-corrected chi connectivity index (χ1v) is 17.2. The maximum atomic E-state index is 11.5. The monoisotopic (exact) mass is 716 g/mol. The van der Waals surface area contributed by atoms with Gasteiger partial charge in [-0.15, -0.1) is 5.10 Å². The van der Waals surface area contributed by atoms with Gasteiger partial charge in [-0.05, 0) is 44.4 Å². The number of hydrogen-bond acceptors (Lipinski definition) is 10. The van der Waals surface area contributed by atoms with Gasteiger partial charge in [0, 0.05) is 71.8 Å². The van der Waals surface area contributed by atoms with Crippen LogP contribution >= 0.6 is 23.2 Å². The Morgan fingerprint density at radius 3 is 2.58 bits per heavy atom. The Morgan fingerprint density at radius 1 is 1.04 bits per heavy atom. The summed E-state index contributed by atoms with van der Waals surface area (Å²) in [6, 6.07) is 13.7. The molecule has 14 heteroatoms. The number of amides is 1. The fourth-order valence-electron chi connectivity index (χ4n) is 6.67. The number of carbonyl (C=O) groups is 1. The van der Waals surface area contributed by atoms with Crippen LogP contribution in [0.3, 0.4) is 0 Å². The van der Waals surface area contributed by atoms with E-state index in [1.165, 1.54) is 0 Å². The Balaban J connectivity index is 1.14. The largest absolute Gasteiger partial charge is 0.493 e. The number of hydrogen-bond donors (Lipinski definition) is 4. The van der Waals surface area contributed by atoms with Crippen LogP contribution in [0.1, 0.15) is 44.0 Å². The van der Waals surface area contributed by atoms with Crippen molar-refractivity contribution in [3.05, 3.63) is 76.3 Å². The summed E-state index contributed by atoms with van der Waals surface area (Å²) in [4.78, 5) is 25.6. The van der Waals surface area contributed by atoms with Crippen molar-refractivity contribution in [2.24, 2.45) is 0 Å². The summed E-state index contributed by atoms with van der Waals surface area (Å²) in [5, 5.41) is 25.4. The normalized spacial score (nSPS) is 20.2. The SMILES string of the molecule is COc1nc(-c2cccc(-c3ccnc(-c4cc(OC)c5nc(CN[C@H]6C[C@@](C)(O)C6)nn5c4)c3Cl)c2Cl)ccc1CNC[C@H]1CCC(=O)N1. The van der Waals surface area contributed by atoms with Gasteiger partial charge in [0.1, 0.15) is 0 Å². The summed E-state index contributed by atoms with van der Waals surface area (Å²) in [5.41, 5.74) is 4.89. The van der Waals surface area contributed by atoms with E-state index in [0.717, 1.165) is 23.1 Å². The maximum absolute atomic E-state index is 11.5. The zero-order valence-corrected chi connectivity index (χ0v) is 29.5. The summed E-state index contributed by atoms with van der Waals surface area (Å²) in [6.07, 6.45) is 6.31. The zero-order valence-electron chi connectivity index (χ0n) is 28.0. The van der Waals surface area contributed by atoms with Crippen molar-refractivity contribution in [1.82, 2.24) is 40.5 Å². The van der Waals surface area contributed by atoms with Crippen LogP contribution < -0.4 is 25.4 Å². The lowest BCUT2D eigenvalue weighted by atomic mass is 9.77. The highest BCUT2D eigenvalue weighted by Gasteiger charge is 2.38. The summed E-state index contributed by atoms with van der Waals surface area (Å²) >= 11 is 14.2. The number of nitrogens with one attached hydrogen (secondary N) is 3. The number of rotatable bonds is 12. The lowest BCUT2D eigenvalue weighted by Crippen LogP contribution is -2.51. The molecule has 1 amide bonds. The minimum Gasteiger partial charge on any atom is -0.493 e. The van der Waals surface area contributed by atoms with Crippen molar-refractivity contribution in [3.63, 3.8) is 0 Å². The van der Waals surface area contributed by atoms with Gasteiger partial charge < -0.3 is 30.5 Å². The second-order valence-corrected chi connectivity index (χ2v) is 13.8. The van der Waals surface area contributed by atoms with Crippen LogP contribution in [0.5, 0.6) is 11.6 Å². The van der Waals surface area contributed by atoms with Crippen LogP contribution in [-0.2, 0) is 17.9 Å². The van der Waals surface area contributed by atoms with E-state index in [2.05, 4.69) is 31.0 Å². The smallest absolute Gasteiger partial charge is 0.220 e. The van der Waals surface area contributed by atoms with Gasteiger partial charge in [-0.25, -0.2) is 14.5 Å². The van der Waals surface area contributed by atoms with Gasteiger partial charge in [0.2, 0.25) is 11.8 Å². The van der Waals surface area contributed by atoms with Gasteiger partial charge in [-0.1, -0.05) is 47.5 Å². The molecule has 260 valence electrons. The van der Waals surface area contributed by atoms with Gasteiger partial charge >= 0.3 is 0 Å². The summed E-state index contributed by atoms with van der Waals surface area (Å²) in [7, 11) is 3.18. The molecular weight excluding hydrogens is 679 g/mol. The third-order valence-corrected chi connectivity index (χ3v) is 10.0. The molecule has 12 nitrogen and oxygen atoms in total. The van der Waals surface area contributed by atoms with Gasteiger partial charge in [0.15, 0.2) is 17.2 Å². The number of methoxy groups -OCH3 is 2. The molecule has 4 N–H and O–H groups in total. The van der Waals surface area contributed by atoms with Gasteiger partial charge in [0.25, 0.3) is 0 Å². The van der Waals surface area contributed by atoms with Crippen molar-refractivity contribution >= 4 is 34.8 Å². The number of fused-ring (bicyclic) bond motifs is 1. The molecule has 50 heavy (non-hydrogen) atoms. The standard InChI is InChI=1S/C36H38Cl2N8O4/c1-36(48)14-23(15-36)41-18-29-44-34-28(49-2)13-21(19-46(34)45-29)33-32(38)25(11-12-40-33)24-5-4-6-26(31(24)37)27-9-7-20(35(43-27)50-3)16-39-17-22-8-10-30(47)42-22/h4-7,9,11-13,19,22-23,39,41,48H,8,10,14-18H2,1-3H3,(H,42,47)/t22-,23-,36+/m1/s1. The lowest BCUT2D eigenvalue weighted by Gasteiger charge is -2.41. The molecule has 1 aliphatic heterocycles. The first-order chi connectivity index (χ1) is 24.1. The maximum Gasteiger partial charge on any atom is 0.220 e. The van der Waals surface area contributed by atoms with Crippen molar-refractivity contribution in [2.75, 3.05) is 20.8 Å².